The summed E-state index contributed by atoms with van der Waals surface area (Å²) in [6, 6.07) is 0. The van der Waals surface area contributed by atoms with Gasteiger partial charge in [-0.1, -0.05) is 6.92 Å². The zero-order valence-electron chi connectivity index (χ0n) is 9.94. The Balaban J connectivity index is 2.81. The lowest BCUT2D eigenvalue weighted by atomic mass is 10.5. The Morgan fingerprint density at radius 2 is 1.07 bits per heavy atom. The van der Waals surface area contributed by atoms with E-state index in [-0.39, 0.29) is 0 Å². The summed E-state index contributed by atoms with van der Waals surface area (Å²) in [4.78, 5) is 0. The summed E-state index contributed by atoms with van der Waals surface area (Å²) in [6.07, 6.45) is 0. The summed E-state index contributed by atoms with van der Waals surface area (Å²) in [5.74, 6) is 0. The molecular weight excluding hydrogens is 190 g/mol. The molecule has 0 heterocycles. The molecule has 0 rings (SSSR count). The topological polar surface area (TPSA) is 74.1 Å². The molecule has 0 saturated heterocycles. The molecule has 0 aliphatic heterocycles. The number of nitrogens with one attached hydrogen (secondary N) is 4. The van der Waals surface area contributed by atoms with E-state index < -0.39 is 0 Å². The van der Waals surface area contributed by atoms with E-state index in [1.807, 2.05) is 0 Å². The summed E-state index contributed by atoms with van der Waals surface area (Å²) in [5.41, 5.74) is 5.35. The van der Waals surface area contributed by atoms with Crippen LogP contribution in [-0.4, -0.2) is 58.9 Å². The molecule has 0 aliphatic rings. The van der Waals surface area contributed by atoms with Gasteiger partial charge < -0.3 is 27.0 Å². The fourth-order valence-corrected chi connectivity index (χ4v) is 1.18. The Kier molecular flexibility index (Phi) is 13.6. The molecule has 0 amide bonds. The Bertz CT molecular complexity index is 98.0. The predicted molar refractivity (Wildman–Crippen MR) is 66.2 cm³/mol. The third-order valence-electron chi connectivity index (χ3n) is 2.01. The lowest BCUT2D eigenvalue weighted by molar-refractivity contribution is 0.571. The first-order chi connectivity index (χ1) is 7.41. The van der Waals surface area contributed by atoms with Crippen molar-refractivity contribution in [2.45, 2.75) is 6.92 Å². The minimum Gasteiger partial charge on any atom is -0.329 e. The summed E-state index contributed by atoms with van der Waals surface area (Å²) in [5, 5.41) is 13.2. The number of nitrogens with two attached hydrogens (primary N) is 1. The van der Waals surface area contributed by atoms with Crippen LogP contribution in [0.4, 0.5) is 0 Å². The van der Waals surface area contributed by atoms with Crippen molar-refractivity contribution in [1.82, 2.24) is 21.3 Å². The second-order valence-corrected chi connectivity index (χ2v) is 3.39. The van der Waals surface area contributed by atoms with Crippen LogP contribution in [0.15, 0.2) is 0 Å². The van der Waals surface area contributed by atoms with Crippen LogP contribution in [0.25, 0.3) is 0 Å². The molecule has 0 fully saturated rings. The lowest BCUT2D eigenvalue weighted by Crippen LogP contribution is -2.35. The number of likely N-dealkylation sites (N-methyl/N-ethyl adjacent to an activating group) is 1. The maximum absolute atomic E-state index is 5.35. The first-order valence-corrected chi connectivity index (χ1v) is 5.94. The van der Waals surface area contributed by atoms with Crippen LogP contribution < -0.4 is 27.0 Å². The quantitative estimate of drug-likeness (QED) is 0.253. The Morgan fingerprint density at radius 3 is 1.47 bits per heavy atom. The van der Waals surface area contributed by atoms with Crippen molar-refractivity contribution in [1.29, 1.82) is 0 Å². The van der Waals surface area contributed by atoms with E-state index in [4.69, 9.17) is 5.73 Å². The zero-order valence-corrected chi connectivity index (χ0v) is 9.94. The van der Waals surface area contributed by atoms with Gasteiger partial charge in [-0.25, -0.2) is 0 Å². The third-order valence-corrected chi connectivity index (χ3v) is 2.01. The van der Waals surface area contributed by atoms with Gasteiger partial charge in [-0.15, -0.1) is 0 Å². The van der Waals surface area contributed by atoms with Crippen molar-refractivity contribution in [3.05, 3.63) is 0 Å². The maximum Gasteiger partial charge on any atom is 0.00772 e. The minimum absolute atomic E-state index is 0.714. The maximum atomic E-state index is 5.35. The van der Waals surface area contributed by atoms with Crippen molar-refractivity contribution >= 4 is 0 Å². The average molecular weight is 217 g/mol. The molecule has 0 aromatic heterocycles. The van der Waals surface area contributed by atoms with Crippen molar-refractivity contribution in [2.75, 3.05) is 58.9 Å². The standard InChI is InChI=1S/C10H27N5/c1-2-12-5-6-14-9-10-15-8-7-13-4-3-11/h12-15H,2-11H2,1H3. The highest BCUT2D eigenvalue weighted by atomic mass is 15.0. The van der Waals surface area contributed by atoms with E-state index in [0.29, 0.717) is 6.54 Å². The third kappa shape index (κ3) is 13.8. The fraction of sp³-hybridized carbons (Fsp3) is 1.00. The van der Waals surface area contributed by atoms with Gasteiger partial charge in [0.1, 0.15) is 0 Å². The van der Waals surface area contributed by atoms with Crippen molar-refractivity contribution in [3.8, 4) is 0 Å². The number of rotatable bonds is 12. The molecule has 0 spiro atoms. The van der Waals surface area contributed by atoms with E-state index in [2.05, 4.69) is 28.2 Å². The van der Waals surface area contributed by atoms with Gasteiger partial charge in [0.05, 0.1) is 0 Å². The van der Waals surface area contributed by atoms with Crippen LogP contribution >= 0.6 is 0 Å². The Morgan fingerprint density at radius 1 is 0.667 bits per heavy atom. The minimum atomic E-state index is 0.714. The van der Waals surface area contributed by atoms with Crippen LogP contribution in [0.1, 0.15) is 6.92 Å². The van der Waals surface area contributed by atoms with Gasteiger partial charge in [-0.05, 0) is 6.54 Å². The highest BCUT2D eigenvalue weighted by molar-refractivity contribution is 4.55. The first-order valence-electron chi connectivity index (χ1n) is 5.94. The number of hydrogen-bond donors (Lipinski definition) is 5. The SMILES string of the molecule is CCNCCNCCNCCNCCN. The van der Waals surface area contributed by atoms with Gasteiger partial charge in [0, 0.05) is 52.4 Å². The molecule has 0 radical (unpaired) electrons. The van der Waals surface area contributed by atoms with Gasteiger partial charge in [0.25, 0.3) is 0 Å². The first kappa shape index (κ1) is 14.8. The average Bonchev–Trinajstić information content (AvgIpc) is 2.26. The number of hydrogen-bond acceptors (Lipinski definition) is 5. The van der Waals surface area contributed by atoms with Gasteiger partial charge in [-0.3, -0.25) is 0 Å². The summed E-state index contributed by atoms with van der Waals surface area (Å²) < 4.78 is 0. The normalized spacial score (nSPS) is 10.8. The van der Waals surface area contributed by atoms with E-state index >= 15 is 0 Å². The van der Waals surface area contributed by atoms with E-state index in [1.165, 1.54) is 0 Å². The molecular formula is C10H27N5. The molecule has 92 valence electrons. The largest absolute Gasteiger partial charge is 0.329 e. The van der Waals surface area contributed by atoms with Crippen molar-refractivity contribution < 1.29 is 0 Å². The van der Waals surface area contributed by atoms with E-state index in [9.17, 15) is 0 Å². The fourth-order valence-electron chi connectivity index (χ4n) is 1.18. The van der Waals surface area contributed by atoms with Crippen LogP contribution in [0.2, 0.25) is 0 Å². The van der Waals surface area contributed by atoms with Gasteiger partial charge in [-0.2, -0.15) is 0 Å². The van der Waals surface area contributed by atoms with Crippen LogP contribution in [0, 0.1) is 0 Å². The molecule has 0 aromatic rings. The smallest absolute Gasteiger partial charge is 0.00772 e. The van der Waals surface area contributed by atoms with Crippen LogP contribution in [0.5, 0.6) is 0 Å². The molecule has 0 aromatic carbocycles. The Labute approximate surface area is 93.6 Å². The molecule has 5 heteroatoms. The molecule has 0 atom stereocenters. The highest BCUT2D eigenvalue weighted by Crippen LogP contribution is 1.62. The van der Waals surface area contributed by atoms with E-state index in [1.54, 1.807) is 0 Å². The highest BCUT2D eigenvalue weighted by Gasteiger charge is 1.88. The zero-order chi connectivity index (χ0) is 11.2. The summed E-state index contributed by atoms with van der Waals surface area (Å²) >= 11 is 0. The van der Waals surface area contributed by atoms with Crippen molar-refractivity contribution in [3.63, 3.8) is 0 Å². The van der Waals surface area contributed by atoms with Crippen molar-refractivity contribution in [2.24, 2.45) is 5.73 Å². The van der Waals surface area contributed by atoms with Gasteiger partial charge in [0.2, 0.25) is 0 Å². The molecule has 15 heavy (non-hydrogen) atoms. The van der Waals surface area contributed by atoms with E-state index in [0.717, 1.165) is 52.4 Å². The molecule has 0 aliphatic carbocycles. The lowest BCUT2D eigenvalue weighted by Gasteiger charge is -2.07. The van der Waals surface area contributed by atoms with Crippen LogP contribution in [0.3, 0.4) is 0 Å². The molecule has 0 saturated carbocycles. The molecule has 5 nitrogen and oxygen atoms in total. The summed E-state index contributed by atoms with van der Waals surface area (Å²) in [6.45, 7) is 10.9. The van der Waals surface area contributed by atoms with Gasteiger partial charge >= 0.3 is 0 Å². The second kappa shape index (κ2) is 13.8. The monoisotopic (exact) mass is 217 g/mol. The molecule has 0 unspecified atom stereocenters. The Hall–Kier alpha value is -0.200. The molecule has 6 N–H and O–H groups in total. The van der Waals surface area contributed by atoms with Gasteiger partial charge in [0.15, 0.2) is 0 Å². The summed E-state index contributed by atoms with van der Waals surface area (Å²) in [7, 11) is 0. The predicted octanol–water partition coefficient (Wildman–Crippen LogP) is -1.68. The second-order valence-electron chi connectivity index (χ2n) is 3.39. The van der Waals surface area contributed by atoms with Crippen LogP contribution in [-0.2, 0) is 0 Å². The molecule has 0 bridgehead atoms.